The van der Waals surface area contributed by atoms with Gasteiger partial charge in [-0.2, -0.15) is 10.5 Å². The number of nitrogens with one attached hydrogen (secondary N) is 2. The van der Waals surface area contributed by atoms with Crippen LogP contribution in [0.1, 0.15) is 29.5 Å². The van der Waals surface area contributed by atoms with Gasteiger partial charge in [0.2, 0.25) is 5.91 Å². The number of amides is 2. The number of benzene rings is 3. The van der Waals surface area contributed by atoms with Crippen molar-refractivity contribution in [3.8, 4) is 12.1 Å². The van der Waals surface area contributed by atoms with Crippen molar-refractivity contribution in [3.05, 3.63) is 106 Å². The molecule has 0 saturated heterocycles. The Morgan fingerprint density at radius 1 is 0.949 bits per heavy atom. The van der Waals surface area contributed by atoms with Gasteiger partial charge >= 0.3 is 0 Å². The molecule has 0 aliphatic carbocycles. The molecule has 39 heavy (non-hydrogen) atoms. The van der Waals surface area contributed by atoms with Crippen LogP contribution in [-0.2, 0) is 9.59 Å². The summed E-state index contributed by atoms with van der Waals surface area (Å²) < 4.78 is 0. The molecule has 0 heterocycles. The zero-order chi connectivity index (χ0) is 28.0. The highest BCUT2D eigenvalue weighted by molar-refractivity contribution is 6.34. The molecule has 8 heteroatoms. The van der Waals surface area contributed by atoms with Crippen LogP contribution in [0.5, 0.6) is 0 Å². The summed E-state index contributed by atoms with van der Waals surface area (Å²) in [5.41, 5.74) is 3.75. The molecule has 2 N–H and O–H groups in total. The summed E-state index contributed by atoms with van der Waals surface area (Å²) in [6, 6.07) is 26.1. The Morgan fingerprint density at radius 2 is 1.62 bits per heavy atom. The van der Waals surface area contributed by atoms with Crippen LogP contribution >= 0.6 is 11.6 Å². The Kier molecular flexibility index (Phi) is 10.9. The van der Waals surface area contributed by atoms with E-state index in [0.29, 0.717) is 36.6 Å². The van der Waals surface area contributed by atoms with E-state index in [2.05, 4.69) is 22.8 Å². The number of carbonyl (C=O) groups excluding carboxylic acids is 2. The molecule has 0 bridgehead atoms. The molecule has 0 aliphatic heterocycles. The summed E-state index contributed by atoms with van der Waals surface area (Å²) in [5.74, 6) is -0.995. The average Bonchev–Trinajstić information content (AvgIpc) is 2.94. The lowest BCUT2D eigenvalue weighted by Crippen LogP contribution is -2.29. The number of hydrogen-bond acceptors (Lipinski definition) is 5. The number of para-hydroxylation sites is 1. The van der Waals surface area contributed by atoms with Gasteiger partial charge in [-0.3, -0.25) is 9.59 Å². The fourth-order valence-electron chi connectivity index (χ4n) is 3.74. The van der Waals surface area contributed by atoms with E-state index >= 15 is 0 Å². The number of hydrogen-bond donors (Lipinski definition) is 2. The van der Waals surface area contributed by atoms with E-state index in [9.17, 15) is 9.59 Å². The van der Waals surface area contributed by atoms with E-state index in [0.717, 1.165) is 22.4 Å². The van der Waals surface area contributed by atoms with Crippen LogP contribution in [0, 0.1) is 29.6 Å². The van der Waals surface area contributed by atoms with Crippen LogP contribution in [0.3, 0.4) is 0 Å². The van der Waals surface area contributed by atoms with Gasteiger partial charge in [-0.1, -0.05) is 60.1 Å². The fraction of sp³-hybridized carbons (Fsp3) is 0.161. The number of anilines is 2. The summed E-state index contributed by atoms with van der Waals surface area (Å²) in [6.45, 7) is 2.90. The maximum atomic E-state index is 13.3. The molecule has 0 unspecified atom stereocenters. The average molecular weight is 538 g/mol. The van der Waals surface area contributed by atoms with Crippen LogP contribution in [0.4, 0.5) is 11.4 Å². The first-order chi connectivity index (χ1) is 18.9. The number of aryl methyl sites for hydroxylation is 1. The van der Waals surface area contributed by atoms with E-state index in [1.165, 1.54) is 6.08 Å². The van der Waals surface area contributed by atoms with Crippen molar-refractivity contribution in [2.24, 2.45) is 0 Å². The maximum Gasteiger partial charge on any atom is 0.272 e. The highest BCUT2D eigenvalue weighted by atomic mass is 35.5. The van der Waals surface area contributed by atoms with Gasteiger partial charge in [0.1, 0.15) is 5.70 Å². The van der Waals surface area contributed by atoms with E-state index in [1.54, 1.807) is 36.4 Å². The van der Waals surface area contributed by atoms with Crippen LogP contribution in [0.2, 0.25) is 5.02 Å². The monoisotopic (exact) mass is 537 g/mol. The lowest BCUT2D eigenvalue weighted by atomic mass is 10.1. The van der Waals surface area contributed by atoms with Gasteiger partial charge in [-0.15, -0.1) is 0 Å². The normalized spacial score (nSPS) is 10.9. The van der Waals surface area contributed by atoms with Gasteiger partial charge in [-0.05, 0) is 60.0 Å². The molecule has 2 amide bonds. The number of halogens is 1. The van der Waals surface area contributed by atoms with Crippen molar-refractivity contribution in [2.45, 2.75) is 19.8 Å². The van der Waals surface area contributed by atoms with Crippen molar-refractivity contribution >= 4 is 46.9 Å². The molecule has 0 aliphatic rings. The van der Waals surface area contributed by atoms with Crippen molar-refractivity contribution in [1.82, 2.24) is 5.32 Å². The zero-order valence-electron chi connectivity index (χ0n) is 21.5. The molecular formula is C31H28ClN5O2. The number of nitrogens with zero attached hydrogens (tertiary/aromatic N) is 3. The van der Waals surface area contributed by atoms with Gasteiger partial charge in [0, 0.05) is 24.9 Å². The molecule has 3 rings (SSSR count). The van der Waals surface area contributed by atoms with Gasteiger partial charge in [-0.25, -0.2) is 0 Å². The molecule has 3 aromatic rings. The van der Waals surface area contributed by atoms with E-state index in [4.69, 9.17) is 22.1 Å². The van der Waals surface area contributed by atoms with Crippen molar-refractivity contribution in [3.63, 3.8) is 0 Å². The molecule has 0 saturated carbocycles. The first kappa shape index (κ1) is 28.7. The molecule has 7 nitrogen and oxygen atoms in total. The topological polar surface area (TPSA) is 109 Å². The second-order valence-electron chi connectivity index (χ2n) is 8.57. The van der Waals surface area contributed by atoms with Crippen LogP contribution in [-0.4, -0.2) is 24.9 Å². The minimum Gasteiger partial charge on any atom is -0.369 e. The first-order valence-electron chi connectivity index (χ1n) is 12.3. The van der Waals surface area contributed by atoms with Crippen molar-refractivity contribution in [2.75, 3.05) is 23.3 Å². The smallest absolute Gasteiger partial charge is 0.272 e. The lowest BCUT2D eigenvalue weighted by Gasteiger charge is -2.23. The summed E-state index contributed by atoms with van der Waals surface area (Å²) >= 11 is 6.22. The minimum atomic E-state index is -0.530. The largest absolute Gasteiger partial charge is 0.369 e. The zero-order valence-corrected chi connectivity index (χ0v) is 22.3. The fourth-order valence-corrected chi connectivity index (χ4v) is 3.92. The molecule has 0 fully saturated rings. The second-order valence-corrected chi connectivity index (χ2v) is 8.98. The Balaban J connectivity index is 1.90. The highest BCUT2D eigenvalue weighted by Gasteiger charge is 2.15. The third-order valence-corrected chi connectivity index (χ3v) is 6.09. The quantitative estimate of drug-likeness (QED) is 0.288. The summed E-state index contributed by atoms with van der Waals surface area (Å²) in [5, 5.41) is 23.8. The molecular weight excluding hydrogens is 510 g/mol. The predicted molar refractivity (Wildman–Crippen MR) is 156 cm³/mol. The summed E-state index contributed by atoms with van der Waals surface area (Å²) in [6.07, 6.45) is 5.30. The Labute approximate surface area is 233 Å². The third-order valence-electron chi connectivity index (χ3n) is 5.76. The van der Waals surface area contributed by atoms with Crippen LogP contribution in [0.25, 0.3) is 12.2 Å². The van der Waals surface area contributed by atoms with Gasteiger partial charge in [0.15, 0.2) is 0 Å². The SMILES string of the molecule is Cc1cc(N(CCC#N)CCC#N)ccc1/C=C(\NC(=O)/C=C/c1ccccc1)C(=O)Nc1ccccc1Cl. The van der Waals surface area contributed by atoms with Crippen LogP contribution in [0.15, 0.2) is 84.6 Å². The first-order valence-corrected chi connectivity index (χ1v) is 12.7. The second kappa shape index (κ2) is 14.8. The Morgan fingerprint density at radius 3 is 2.26 bits per heavy atom. The van der Waals surface area contributed by atoms with Crippen LogP contribution < -0.4 is 15.5 Å². The Bertz CT molecular complexity index is 1430. The maximum absolute atomic E-state index is 13.3. The van der Waals surface area contributed by atoms with Gasteiger partial charge in [0.25, 0.3) is 5.91 Å². The highest BCUT2D eigenvalue weighted by Crippen LogP contribution is 2.23. The predicted octanol–water partition coefficient (Wildman–Crippen LogP) is 6.09. The standard InChI is InChI=1S/C31H28ClN5O2/c1-23-21-26(37(19-7-17-33)20-8-18-34)15-14-25(23)22-29(31(39)36-28-12-6-5-11-27(28)32)35-30(38)16-13-24-9-3-2-4-10-24/h2-6,9-16,21-22H,7-8,19-20H2,1H3,(H,35,38)(H,36,39)/b16-13+,29-22-. The molecule has 0 aromatic heterocycles. The number of carbonyl (C=O) groups is 2. The van der Waals surface area contributed by atoms with Gasteiger partial charge in [0.05, 0.1) is 35.7 Å². The number of nitriles is 2. The van der Waals surface area contributed by atoms with Gasteiger partial charge < -0.3 is 15.5 Å². The van der Waals surface area contributed by atoms with Crippen molar-refractivity contribution in [1.29, 1.82) is 10.5 Å². The third kappa shape index (κ3) is 8.89. The summed E-state index contributed by atoms with van der Waals surface area (Å²) in [4.78, 5) is 28.0. The van der Waals surface area contributed by atoms with Crippen molar-refractivity contribution < 1.29 is 9.59 Å². The molecule has 0 radical (unpaired) electrons. The van der Waals surface area contributed by atoms with E-state index in [1.807, 2.05) is 60.4 Å². The van der Waals surface area contributed by atoms with E-state index < -0.39 is 11.8 Å². The molecule has 0 atom stereocenters. The van der Waals surface area contributed by atoms with E-state index in [-0.39, 0.29) is 5.70 Å². The molecule has 196 valence electrons. The molecule has 3 aromatic carbocycles. The minimum absolute atomic E-state index is 0.0410. The lowest BCUT2D eigenvalue weighted by molar-refractivity contribution is -0.118. The number of rotatable bonds is 11. The summed E-state index contributed by atoms with van der Waals surface area (Å²) in [7, 11) is 0. The Hall–Kier alpha value is -4.85. The molecule has 0 spiro atoms.